The van der Waals surface area contributed by atoms with Gasteiger partial charge < -0.3 is 15.9 Å². The lowest BCUT2D eigenvalue weighted by Crippen LogP contribution is -2.16. The molecule has 0 saturated heterocycles. The fourth-order valence-corrected chi connectivity index (χ4v) is 2.89. The number of aliphatic hydroxyl groups is 2. The van der Waals surface area contributed by atoms with Gasteiger partial charge in [-0.05, 0) is 32.1 Å². The summed E-state index contributed by atoms with van der Waals surface area (Å²) in [5.74, 6) is 0. The third-order valence-corrected chi connectivity index (χ3v) is 3.68. The van der Waals surface area contributed by atoms with E-state index in [4.69, 9.17) is 5.73 Å². The van der Waals surface area contributed by atoms with Crippen molar-refractivity contribution in [3.63, 3.8) is 0 Å². The standard InChI is InChI=1S/C12H16N2O2/c13-12-10-6(2-1-3-8(10)15)14-7-4-5-9(16)11(7)12/h8-9,15-16H,1-5H2,(H2,13,14)/t8-,9-/m1/s1. The summed E-state index contributed by atoms with van der Waals surface area (Å²) in [4.78, 5) is 4.56. The maximum absolute atomic E-state index is 9.96. The van der Waals surface area contributed by atoms with Crippen molar-refractivity contribution in [3.05, 3.63) is 22.5 Å². The third kappa shape index (κ3) is 1.26. The van der Waals surface area contributed by atoms with E-state index < -0.39 is 12.2 Å². The third-order valence-electron chi connectivity index (χ3n) is 3.68. The number of aromatic nitrogens is 1. The predicted octanol–water partition coefficient (Wildman–Crippen LogP) is 1.01. The van der Waals surface area contributed by atoms with E-state index in [1.165, 1.54) is 0 Å². The van der Waals surface area contributed by atoms with Gasteiger partial charge in [0.25, 0.3) is 0 Å². The second-order valence-electron chi connectivity index (χ2n) is 4.71. The van der Waals surface area contributed by atoms with E-state index in [9.17, 15) is 10.2 Å². The summed E-state index contributed by atoms with van der Waals surface area (Å²) in [7, 11) is 0. The molecule has 4 heteroatoms. The fraction of sp³-hybridized carbons (Fsp3) is 0.583. The van der Waals surface area contributed by atoms with E-state index in [0.717, 1.165) is 48.2 Å². The first-order chi connectivity index (χ1) is 7.68. The molecule has 0 radical (unpaired) electrons. The molecule has 1 heterocycles. The Labute approximate surface area is 94.1 Å². The van der Waals surface area contributed by atoms with Gasteiger partial charge in [0.15, 0.2) is 0 Å². The number of aliphatic hydroxyl groups excluding tert-OH is 2. The summed E-state index contributed by atoms with van der Waals surface area (Å²) < 4.78 is 0. The zero-order valence-corrected chi connectivity index (χ0v) is 9.11. The van der Waals surface area contributed by atoms with Crippen LogP contribution >= 0.6 is 0 Å². The molecule has 0 aliphatic heterocycles. The van der Waals surface area contributed by atoms with E-state index in [2.05, 4.69) is 4.98 Å². The lowest BCUT2D eigenvalue weighted by molar-refractivity contribution is 0.155. The number of nitrogen functional groups attached to an aromatic ring is 1. The zero-order chi connectivity index (χ0) is 11.3. The van der Waals surface area contributed by atoms with Crippen molar-refractivity contribution in [3.8, 4) is 0 Å². The lowest BCUT2D eigenvalue weighted by Gasteiger charge is -2.24. The van der Waals surface area contributed by atoms with Crippen LogP contribution in [0.15, 0.2) is 0 Å². The van der Waals surface area contributed by atoms with E-state index >= 15 is 0 Å². The Morgan fingerprint density at radius 3 is 2.38 bits per heavy atom. The normalized spacial score (nSPS) is 27.6. The van der Waals surface area contributed by atoms with Crippen molar-refractivity contribution < 1.29 is 10.2 Å². The minimum Gasteiger partial charge on any atom is -0.398 e. The molecular weight excluding hydrogens is 204 g/mol. The van der Waals surface area contributed by atoms with Gasteiger partial charge in [-0.15, -0.1) is 0 Å². The highest BCUT2D eigenvalue weighted by atomic mass is 16.3. The highest BCUT2D eigenvalue weighted by Gasteiger charge is 2.31. The van der Waals surface area contributed by atoms with Crippen LogP contribution in [0.25, 0.3) is 0 Å². The molecule has 1 aromatic rings. The number of hydrogen-bond donors (Lipinski definition) is 3. The molecule has 0 bridgehead atoms. The van der Waals surface area contributed by atoms with Crippen LogP contribution in [-0.4, -0.2) is 15.2 Å². The van der Waals surface area contributed by atoms with Gasteiger partial charge in [-0.1, -0.05) is 0 Å². The summed E-state index contributed by atoms with van der Waals surface area (Å²) in [6.07, 6.45) is 3.09. The second-order valence-corrected chi connectivity index (χ2v) is 4.71. The lowest BCUT2D eigenvalue weighted by atomic mass is 9.90. The number of nitrogens with zero attached hydrogens (tertiary/aromatic N) is 1. The molecule has 0 amide bonds. The van der Waals surface area contributed by atoms with Gasteiger partial charge in [0.05, 0.1) is 12.2 Å². The molecule has 86 valence electrons. The van der Waals surface area contributed by atoms with Crippen LogP contribution in [0.5, 0.6) is 0 Å². The van der Waals surface area contributed by atoms with Gasteiger partial charge in [-0.3, -0.25) is 4.98 Å². The number of pyridine rings is 1. The molecule has 0 aromatic carbocycles. The Hall–Kier alpha value is -1.13. The number of anilines is 1. The van der Waals surface area contributed by atoms with Crippen LogP contribution < -0.4 is 5.73 Å². The SMILES string of the molecule is Nc1c2c(nc3c1[C@H](O)CC3)CCC[C@H]2O. The zero-order valence-electron chi connectivity index (χ0n) is 9.11. The van der Waals surface area contributed by atoms with Gasteiger partial charge in [-0.2, -0.15) is 0 Å². The second kappa shape index (κ2) is 3.43. The van der Waals surface area contributed by atoms with Gasteiger partial charge in [0.2, 0.25) is 0 Å². The van der Waals surface area contributed by atoms with Gasteiger partial charge in [0.1, 0.15) is 0 Å². The molecule has 3 rings (SSSR count). The number of hydrogen-bond acceptors (Lipinski definition) is 4. The molecule has 16 heavy (non-hydrogen) atoms. The summed E-state index contributed by atoms with van der Waals surface area (Å²) in [6.45, 7) is 0. The van der Waals surface area contributed by atoms with Crippen LogP contribution in [0.1, 0.15) is 54.0 Å². The molecular formula is C12H16N2O2. The van der Waals surface area contributed by atoms with Gasteiger partial charge >= 0.3 is 0 Å². The summed E-state index contributed by atoms with van der Waals surface area (Å²) in [6, 6.07) is 0. The van der Waals surface area contributed by atoms with Crippen LogP contribution in [0.4, 0.5) is 5.69 Å². The first kappa shape index (κ1) is 10.1. The maximum atomic E-state index is 9.96. The molecule has 2 atom stereocenters. The van der Waals surface area contributed by atoms with Crippen LogP contribution in [-0.2, 0) is 12.8 Å². The molecule has 2 aliphatic rings. The van der Waals surface area contributed by atoms with E-state index in [0.29, 0.717) is 12.1 Å². The smallest absolute Gasteiger partial charge is 0.0831 e. The predicted molar refractivity (Wildman–Crippen MR) is 59.8 cm³/mol. The average Bonchev–Trinajstić information content (AvgIpc) is 2.60. The molecule has 4 nitrogen and oxygen atoms in total. The minimum atomic E-state index is -0.505. The Morgan fingerprint density at radius 2 is 1.62 bits per heavy atom. The molecule has 2 aliphatic carbocycles. The Bertz CT molecular complexity index is 445. The fourth-order valence-electron chi connectivity index (χ4n) is 2.89. The van der Waals surface area contributed by atoms with Gasteiger partial charge in [-0.25, -0.2) is 0 Å². The van der Waals surface area contributed by atoms with Crippen LogP contribution in [0.2, 0.25) is 0 Å². The van der Waals surface area contributed by atoms with E-state index in [-0.39, 0.29) is 0 Å². The minimum absolute atomic E-state index is 0.498. The first-order valence-corrected chi connectivity index (χ1v) is 5.85. The largest absolute Gasteiger partial charge is 0.398 e. The Balaban J connectivity index is 2.22. The molecule has 1 aromatic heterocycles. The van der Waals surface area contributed by atoms with Crippen molar-refractivity contribution in [2.24, 2.45) is 0 Å². The van der Waals surface area contributed by atoms with Crippen molar-refractivity contribution in [1.82, 2.24) is 4.98 Å². The van der Waals surface area contributed by atoms with E-state index in [1.54, 1.807) is 0 Å². The highest BCUT2D eigenvalue weighted by Crippen LogP contribution is 2.41. The van der Waals surface area contributed by atoms with Crippen molar-refractivity contribution in [1.29, 1.82) is 0 Å². The monoisotopic (exact) mass is 220 g/mol. The Kier molecular flexibility index (Phi) is 2.16. The van der Waals surface area contributed by atoms with Crippen molar-refractivity contribution in [2.75, 3.05) is 5.73 Å². The number of rotatable bonds is 0. The first-order valence-electron chi connectivity index (χ1n) is 5.85. The molecule has 0 spiro atoms. The van der Waals surface area contributed by atoms with Crippen LogP contribution in [0, 0.1) is 0 Å². The number of nitrogens with two attached hydrogens (primary N) is 1. The maximum Gasteiger partial charge on any atom is 0.0831 e. The highest BCUT2D eigenvalue weighted by molar-refractivity contribution is 5.61. The van der Waals surface area contributed by atoms with Crippen LogP contribution in [0.3, 0.4) is 0 Å². The molecule has 0 unspecified atom stereocenters. The summed E-state index contributed by atoms with van der Waals surface area (Å²) >= 11 is 0. The number of fused-ring (bicyclic) bond motifs is 2. The van der Waals surface area contributed by atoms with Crippen molar-refractivity contribution >= 4 is 5.69 Å². The quantitative estimate of drug-likeness (QED) is 0.609. The summed E-state index contributed by atoms with van der Waals surface area (Å²) in [5, 5.41) is 19.8. The summed E-state index contributed by atoms with van der Waals surface area (Å²) in [5.41, 5.74) is 10.1. The van der Waals surface area contributed by atoms with E-state index in [1.807, 2.05) is 0 Å². The topological polar surface area (TPSA) is 79.4 Å². The molecule has 0 fully saturated rings. The van der Waals surface area contributed by atoms with Crippen molar-refractivity contribution in [2.45, 2.75) is 44.3 Å². The average molecular weight is 220 g/mol. The molecule has 0 saturated carbocycles. The Morgan fingerprint density at radius 1 is 1.00 bits per heavy atom. The van der Waals surface area contributed by atoms with Gasteiger partial charge in [0, 0.05) is 28.2 Å². The molecule has 4 N–H and O–H groups in total. The number of aryl methyl sites for hydroxylation is 2.